The number of likely N-dealkylation sites (N-methyl/N-ethyl adjacent to an activating group) is 1. The quantitative estimate of drug-likeness (QED) is 0.782. The van der Waals surface area contributed by atoms with Crippen LogP contribution in [0.15, 0.2) is 30.3 Å². The third-order valence-corrected chi connectivity index (χ3v) is 3.76. The van der Waals surface area contributed by atoms with Crippen LogP contribution in [0.25, 0.3) is 0 Å². The number of imide groups is 1. The number of hydrogen-bond acceptors (Lipinski definition) is 2. The molecule has 1 aliphatic heterocycles. The molecule has 102 valence electrons. The molecule has 1 unspecified atom stereocenters. The lowest BCUT2D eigenvalue weighted by Crippen LogP contribution is -2.40. The van der Waals surface area contributed by atoms with Gasteiger partial charge < -0.3 is 4.90 Å². The second kappa shape index (κ2) is 5.21. The van der Waals surface area contributed by atoms with Crippen molar-refractivity contribution in [2.75, 3.05) is 7.05 Å². The van der Waals surface area contributed by atoms with Gasteiger partial charge in [-0.25, -0.2) is 4.79 Å². The van der Waals surface area contributed by atoms with Gasteiger partial charge in [-0.05, 0) is 19.4 Å². The van der Waals surface area contributed by atoms with E-state index in [2.05, 4.69) is 0 Å². The van der Waals surface area contributed by atoms with Crippen LogP contribution in [-0.4, -0.2) is 40.2 Å². The molecule has 5 heteroatoms. The summed E-state index contributed by atoms with van der Waals surface area (Å²) in [4.78, 5) is 27.2. The zero-order chi connectivity index (χ0) is 14.2. The summed E-state index contributed by atoms with van der Waals surface area (Å²) in [5.74, 6) is -0.350. The van der Waals surface area contributed by atoms with Gasteiger partial charge in [0.05, 0.1) is 12.1 Å². The summed E-state index contributed by atoms with van der Waals surface area (Å²) in [5.41, 5.74) is 0.943. The van der Waals surface area contributed by atoms with E-state index < -0.39 is 5.38 Å². The number of amides is 3. The number of benzene rings is 1. The molecule has 3 atom stereocenters. The maximum Gasteiger partial charge on any atom is 0.327 e. The van der Waals surface area contributed by atoms with Gasteiger partial charge >= 0.3 is 6.03 Å². The van der Waals surface area contributed by atoms with Crippen LogP contribution in [-0.2, 0) is 4.79 Å². The fourth-order valence-corrected chi connectivity index (χ4v) is 2.50. The molecule has 0 radical (unpaired) electrons. The van der Waals surface area contributed by atoms with E-state index in [1.807, 2.05) is 37.3 Å². The second-order valence-corrected chi connectivity index (χ2v) is 5.47. The zero-order valence-electron chi connectivity index (χ0n) is 11.2. The minimum atomic E-state index is -0.714. The van der Waals surface area contributed by atoms with Crippen LogP contribution in [0.3, 0.4) is 0 Å². The first-order chi connectivity index (χ1) is 8.95. The summed E-state index contributed by atoms with van der Waals surface area (Å²) in [6, 6.07) is 8.90. The highest BCUT2D eigenvalue weighted by atomic mass is 35.5. The molecule has 1 saturated heterocycles. The van der Waals surface area contributed by atoms with Gasteiger partial charge in [-0.1, -0.05) is 30.3 Å². The summed E-state index contributed by atoms with van der Waals surface area (Å²) in [6.07, 6.45) is 0. The topological polar surface area (TPSA) is 40.6 Å². The van der Waals surface area contributed by atoms with Gasteiger partial charge in [-0.15, -0.1) is 11.6 Å². The van der Waals surface area contributed by atoms with Crippen molar-refractivity contribution in [3.8, 4) is 0 Å². The molecule has 0 spiro atoms. The van der Waals surface area contributed by atoms with Gasteiger partial charge in [0.25, 0.3) is 0 Å². The van der Waals surface area contributed by atoms with Gasteiger partial charge in [-0.2, -0.15) is 0 Å². The van der Waals surface area contributed by atoms with E-state index in [1.165, 1.54) is 4.90 Å². The van der Waals surface area contributed by atoms with Crippen molar-refractivity contribution in [1.29, 1.82) is 0 Å². The Morgan fingerprint density at radius 3 is 2.42 bits per heavy atom. The van der Waals surface area contributed by atoms with Crippen molar-refractivity contribution in [3.05, 3.63) is 35.9 Å². The minimum Gasteiger partial charge on any atom is -0.322 e. The summed E-state index contributed by atoms with van der Waals surface area (Å²) in [5, 5.41) is -0.714. The summed E-state index contributed by atoms with van der Waals surface area (Å²) in [6.45, 7) is 3.52. The van der Waals surface area contributed by atoms with E-state index in [1.54, 1.807) is 18.9 Å². The highest BCUT2D eigenvalue weighted by Crippen LogP contribution is 2.35. The van der Waals surface area contributed by atoms with Crippen LogP contribution in [0.4, 0.5) is 4.79 Å². The lowest BCUT2D eigenvalue weighted by molar-refractivity contribution is -0.128. The normalized spacial score (nSPS) is 24.7. The molecule has 1 aliphatic rings. The predicted octanol–water partition coefficient (Wildman–Crippen LogP) is 2.64. The van der Waals surface area contributed by atoms with E-state index in [0.29, 0.717) is 0 Å². The Labute approximate surface area is 117 Å². The van der Waals surface area contributed by atoms with Gasteiger partial charge in [0.1, 0.15) is 5.38 Å². The van der Waals surface area contributed by atoms with Crippen molar-refractivity contribution in [2.45, 2.75) is 31.3 Å². The third-order valence-electron chi connectivity index (χ3n) is 3.57. The number of carbonyl (C=O) groups excluding carboxylic acids is 2. The lowest BCUT2D eigenvalue weighted by Gasteiger charge is -2.24. The Balaban J connectivity index is 2.43. The van der Waals surface area contributed by atoms with E-state index >= 15 is 0 Å². The molecule has 2 rings (SSSR count). The number of urea groups is 1. The predicted molar refractivity (Wildman–Crippen MR) is 74.0 cm³/mol. The molecule has 0 bridgehead atoms. The molecule has 4 nitrogen and oxygen atoms in total. The van der Waals surface area contributed by atoms with Crippen LogP contribution < -0.4 is 0 Å². The molecule has 0 saturated carbocycles. The molecular formula is C14H17ClN2O2. The molecule has 0 aromatic heterocycles. The average Bonchev–Trinajstić information content (AvgIpc) is 2.63. The fraction of sp³-hybridized carbons (Fsp3) is 0.429. The van der Waals surface area contributed by atoms with Gasteiger partial charge in [-0.3, -0.25) is 9.69 Å². The number of hydrogen-bond donors (Lipinski definition) is 0. The van der Waals surface area contributed by atoms with Crippen molar-refractivity contribution in [2.24, 2.45) is 0 Å². The smallest absolute Gasteiger partial charge is 0.322 e. The third kappa shape index (κ3) is 2.32. The summed E-state index contributed by atoms with van der Waals surface area (Å²) < 4.78 is 0. The second-order valence-electron chi connectivity index (χ2n) is 4.81. The van der Waals surface area contributed by atoms with Gasteiger partial charge in [0, 0.05) is 7.05 Å². The first-order valence-electron chi connectivity index (χ1n) is 6.24. The maximum absolute atomic E-state index is 12.2. The number of carbonyl (C=O) groups is 2. The highest BCUT2D eigenvalue weighted by Gasteiger charge is 2.46. The van der Waals surface area contributed by atoms with E-state index in [9.17, 15) is 9.59 Å². The molecule has 19 heavy (non-hydrogen) atoms. The Morgan fingerprint density at radius 2 is 1.89 bits per heavy atom. The Kier molecular flexibility index (Phi) is 3.80. The first-order valence-corrected chi connectivity index (χ1v) is 6.67. The summed E-state index contributed by atoms with van der Waals surface area (Å²) in [7, 11) is 1.70. The van der Waals surface area contributed by atoms with Crippen LogP contribution in [0.2, 0.25) is 0 Å². The standard InChI is InChI=1S/C14H17ClN2O2/c1-9(15)13(18)17-12(10(2)16(3)14(17)19)11-7-5-4-6-8-11/h4-10,12H,1-3H3/t9?,10-,12-/m0/s1. The largest absolute Gasteiger partial charge is 0.327 e. The Bertz CT molecular complexity index is 481. The van der Waals surface area contributed by atoms with Crippen LogP contribution in [0, 0.1) is 0 Å². The highest BCUT2D eigenvalue weighted by molar-refractivity contribution is 6.31. The molecule has 0 aliphatic carbocycles. The number of halogens is 1. The maximum atomic E-state index is 12.2. The molecule has 1 aromatic rings. The van der Waals surface area contributed by atoms with Gasteiger partial charge in [0.2, 0.25) is 5.91 Å². The van der Waals surface area contributed by atoms with E-state index in [4.69, 9.17) is 11.6 Å². The van der Waals surface area contributed by atoms with Crippen molar-refractivity contribution in [1.82, 2.24) is 9.80 Å². The molecule has 0 N–H and O–H groups in total. The van der Waals surface area contributed by atoms with Crippen molar-refractivity contribution < 1.29 is 9.59 Å². The molecule has 1 aromatic carbocycles. The minimum absolute atomic E-state index is 0.0748. The molecule has 3 amide bonds. The SMILES string of the molecule is CC(Cl)C(=O)N1C(=O)N(C)[C@@H](C)[C@H]1c1ccccc1. The van der Waals surface area contributed by atoms with Gasteiger partial charge in [0.15, 0.2) is 0 Å². The first kappa shape index (κ1) is 13.9. The van der Waals surface area contributed by atoms with E-state index in [-0.39, 0.29) is 24.0 Å². The molecule has 1 heterocycles. The molecule has 1 fully saturated rings. The fourth-order valence-electron chi connectivity index (χ4n) is 2.39. The van der Waals surface area contributed by atoms with Crippen molar-refractivity contribution >= 4 is 23.5 Å². The van der Waals surface area contributed by atoms with Crippen LogP contribution in [0.1, 0.15) is 25.5 Å². The Morgan fingerprint density at radius 1 is 1.32 bits per heavy atom. The van der Waals surface area contributed by atoms with Crippen LogP contribution in [0.5, 0.6) is 0 Å². The number of nitrogens with zero attached hydrogens (tertiary/aromatic N) is 2. The monoisotopic (exact) mass is 280 g/mol. The van der Waals surface area contributed by atoms with Crippen molar-refractivity contribution in [3.63, 3.8) is 0 Å². The lowest BCUT2D eigenvalue weighted by atomic mass is 10.0. The number of rotatable bonds is 2. The van der Waals surface area contributed by atoms with E-state index in [0.717, 1.165) is 5.56 Å². The zero-order valence-corrected chi connectivity index (χ0v) is 12.0. The van der Waals surface area contributed by atoms with Crippen LogP contribution >= 0.6 is 11.6 Å². The molecular weight excluding hydrogens is 264 g/mol. The Hall–Kier alpha value is -1.55. The average molecular weight is 281 g/mol. The summed E-state index contributed by atoms with van der Waals surface area (Å²) >= 11 is 5.86. The number of alkyl halides is 1.